The van der Waals surface area contributed by atoms with Crippen LogP contribution in [-0.4, -0.2) is 33.6 Å². The highest BCUT2D eigenvalue weighted by Crippen LogP contribution is 2.25. The maximum Gasteiger partial charge on any atom is 0.279 e. The summed E-state index contributed by atoms with van der Waals surface area (Å²) in [5.41, 5.74) is 1.53. The van der Waals surface area contributed by atoms with Gasteiger partial charge < -0.3 is 20.0 Å². The number of nitrogens with zero attached hydrogens (tertiary/aromatic N) is 1. The molecule has 1 aliphatic rings. The minimum atomic E-state index is -0.303. The van der Waals surface area contributed by atoms with E-state index in [4.69, 9.17) is 17.0 Å². The number of rotatable bonds is 4. The number of nitrogens with one attached hydrogen (secondary N) is 3. The Morgan fingerprint density at radius 2 is 2.04 bits per heavy atom. The van der Waals surface area contributed by atoms with Crippen molar-refractivity contribution in [2.24, 2.45) is 0 Å². The second kappa shape index (κ2) is 7.19. The molecular weight excluding hydrogens is 364 g/mol. The van der Waals surface area contributed by atoms with E-state index in [1.807, 2.05) is 18.2 Å². The van der Waals surface area contributed by atoms with Crippen LogP contribution in [0.2, 0.25) is 0 Å². The van der Waals surface area contributed by atoms with Crippen molar-refractivity contribution in [3.63, 3.8) is 0 Å². The maximum absolute atomic E-state index is 12.9. The number of carbonyl (C=O) groups excluding carboxylic acids is 1. The van der Waals surface area contributed by atoms with E-state index in [2.05, 4.69) is 15.3 Å². The molecule has 0 atom stereocenters. The van der Waals surface area contributed by atoms with E-state index in [-0.39, 0.29) is 28.8 Å². The summed E-state index contributed by atoms with van der Waals surface area (Å²) in [5.74, 6) is 0.513. The average Bonchev–Trinajstić information content (AvgIpc) is 3.04. The highest BCUT2D eigenvalue weighted by Gasteiger charge is 2.18. The van der Waals surface area contributed by atoms with Crippen LogP contribution in [0.5, 0.6) is 5.75 Å². The fourth-order valence-electron chi connectivity index (χ4n) is 3.80. The predicted molar refractivity (Wildman–Crippen MR) is 107 cm³/mol. The van der Waals surface area contributed by atoms with Gasteiger partial charge in [-0.2, -0.15) is 0 Å². The first-order valence-corrected chi connectivity index (χ1v) is 9.59. The Kier molecular flexibility index (Phi) is 4.73. The van der Waals surface area contributed by atoms with Crippen LogP contribution in [0.4, 0.5) is 0 Å². The van der Waals surface area contributed by atoms with Gasteiger partial charge in [0.1, 0.15) is 17.8 Å². The monoisotopic (exact) mass is 386 g/mol. The second-order valence-corrected chi connectivity index (χ2v) is 7.40. The molecule has 0 spiro atoms. The third-order valence-electron chi connectivity index (χ3n) is 5.21. The molecule has 2 aromatic heterocycles. The highest BCUT2D eigenvalue weighted by molar-refractivity contribution is 7.71. The molecule has 7 nitrogen and oxygen atoms in total. The van der Waals surface area contributed by atoms with E-state index in [1.165, 1.54) is 11.0 Å². The molecule has 1 fully saturated rings. The molecule has 3 N–H and O–H groups in total. The lowest BCUT2D eigenvalue weighted by Gasteiger charge is -2.22. The molecule has 0 unspecified atom stereocenters. The topological polar surface area (TPSA) is 91.9 Å². The van der Waals surface area contributed by atoms with Gasteiger partial charge in [0.2, 0.25) is 5.91 Å². The minimum Gasteiger partial charge on any atom is -0.497 e. The third kappa shape index (κ3) is 3.37. The molecule has 0 radical (unpaired) electrons. The van der Waals surface area contributed by atoms with Crippen molar-refractivity contribution in [2.75, 3.05) is 7.11 Å². The van der Waals surface area contributed by atoms with Gasteiger partial charge in [0.15, 0.2) is 4.77 Å². The number of aromatic nitrogens is 3. The summed E-state index contributed by atoms with van der Waals surface area (Å²) in [5, 5.41) is 3.85. The molecule has 2 heterocycles. The molecule has 1 aromatic carbocycles. The summed E-state index contributed by atoms with van der Waals surface area (Å²) in [4.78, 5) is 31.6. The molecule has 3 aromatic rings. The van der Waals surface area contributed by atoms with Gasteiger partial charge in [-0.3, -0.25) is 14.2 Å². The molecule has 8 heteroatoms. The number of hydrogen-bond donors (Lipinski definition) is 3. The fourth-order valence-corrected chi connectivity index (χ4v) is 4.05. The van der Waals surface area contributed by atoms with Crippen LogP contribution in [0.1, 0.15) is 32.1 Å². The van der Waals surface area contributed by atoms with Gasteiger partial charge in [-0.25, -0.2) is 0 Å². The van der Waals surface area contributed by atoms with E-state index in [0.717, 1.165) is 36.6 Å². The average molecular weight is 386 g/mol. The molecule has 1 amide bonds. The number of benzene rings is 1. The van der Waals surface area contributed by atoms with Gasteiger partial charge >= 0.3 is 0 Å². The summed E-state index contributed by atoms with van der Waals surface area (Å²) in [7, 11) is 1.59. The molecule has 0 saturated heterocycles. The molecule has 27 heavy (non-hydrogen) atoms. The number of hydrogen-bond acceptors (Lipinski definition) is 4. The van der Waals surface area contributed by atoms with Gasteiger partial charge in [-0.1, -0.05) is 19.3 Å². The van der Waals surface area contributed by atoms with Gasteiger partial charge in [-0.05, 0) is 43.3 Å². The van der Waals surface area contributed by atoms with E-state index >= 15 is 0 Å². The van der Waals surface area contributed by atoms with Crippen LogP contribution < -0.4 is 15.6 Å². The largest absolute Gasteiger partial charge is 0.497 e. The molecule has 4 rings (SSSR count). The standard InChI is InChI=1S/C19H22N4O3S/c1-26-12-7-8-14-13(9-12)16-17(21-14)18(25)23(19(27)22-16)10-15(24)20-11-5-3-2-4-6-11/h7-9,11,21H,2-6,10H2,1H3,(H,20,24)(H,22,27). The first kappa shape index (κ1) is 17.8. The quantitative estimate of drug-likeness (QED) is 0.601. The van der Waals surface area contributed by atoms with Crippen LogP contribution in [0.25, 0.3) is 21.9 Å². The molecular formula is C19H22N4O3S. The van der Waals surface area contributed by atoms with Crippen molar-refractivity contribution in [1.29, 1.82) is 0 Å². The number of amides is 1. The summed E-state index contributed by atoms with van der Waals surface area (Å²) in [6.45, 7) is -0.0840. The van der Waals surface area contributed by atoms with Crippen LogP contribution >= 0.6 is 12.2 Å². The van der Waals surface area contributed by atoms with Crippen molar-refractivity contribution in [2.45, 2.75) is 44.7 Å². The Hall–Kier alpha value is -2.61. The molecule has 1 saturated carbocycles. The van der Waals surface area contributed by atoms with Crippen molar-refractivity contribution >= 4 is 40.1 Å². The number of aromatic amines is 2. The SMILES string of the molecule is COc1ccc2[nH]c3c(=O)n(CC(=O)NC4CCCCC4)c(=S)[nH]c3c2c1. The zero-order valence-electron chi connectivity index (χ0n) is 15.1. The lowest BCUT2D eigenvalue weighted by Crippen LogP contribution is -2.40. The normalized spacial score (nSPS) is 15.3. The fraction of sp³-hybridized carbons (Fsp3) is 0.421. The number of fused-ring (bicyclic) bond motifs is 3. The Morgan fingerprint density at radius 3 is 2.78 bits per heavy atom. The Labute approximate surface area is 160 Å². The van der Waals surface area contributed by atoms with Gasteiger partial charge in [0.05, 0.1) is 12.6 Å². The minimum absolute atomic E-state index is 0.0840. The van der Waals surface area contributed by atoms with E-state index in [1.54, 1.807) is 7.11 Å². The van der Waals surface area contributed by atoms with Gasteiger partial charge in [0.25, 0.3) is 5.56 Å². The van der Waals surface area contributed by atoms with Gasteiger partial charge in [-0.15, -0.1) is 0 Å². The summed E-state index contributed by atoms with van der Waals surface area (Å²) >= 11 is 5.36. The zero-order chi connectivity index (χ0) is 19.0. The van der Waals surface area contributed by atoms with E-state index < -0.39 is 0 Å². The van der Waals surface area contributed by atoms with Crippen LogP contribution in [0.3, 0.4) is 0 Å². The number of methoxy groups -OCH3 is 1. The Morgan fingerprint density at radius 1 is 1.26 bits per heavy atom. The number of carbonyl (C=O) groups is 1. The summed E-state index contributed by atoms with van der Waals surface area (Å²) in [6.07, 6.45) is 5.48. The van der Waals surface area contributed by atoms with Crippen molar-refractivity contribution < 1.29 is 9.53 Å². The molecule has 0 aliphatic heterocycles. The Balaban J connectivity index is 1.69. The third-order valence-corrected chi connectivity index (χ3v) is 5.54. The second-order valence-electron chi connectivity index (χ2n) is 7.01. The van der Waals surface area contributed by atoms with Crippen LogP contribution in [0.15, 0.2) is 23.0 Å². The Bertz CT molecular complexity index is 1120. The highest BCUT2D eigenvalue weighted by atomic mass is 32.1. The lowest BCUT2D eigenvalue weighted by atomic mass is 9.95. The van der Waals surface area contributed by atoms with Crippen molar-refractivity contribution in [1.82, 2.24) is 19.9 Å². The van der Waals surface area contributed by atoms with Gasteiger partial charge in [0, 0.05) is 16.9 Å². The maximum atomic E-state index is 12.9. The first-order chi connectivity index (χ1) is 13.1. The first-order valence-electron chi connectivity index (χ1n) is 9.18. The van der Waals surface area contributed by atoms with Crippen molar-refractivity contribution in [3.8, 4) is 5.75 Å². The summed E-state index contributed by atoms with van der Waals surface area (Å²) < 4.78 is 6.80. The number of ether oxygens (including phenoxy) is 1. The smallest absolute Gasteiger partial charge is 0.279 e. The molecule has 142 valence electrons. The van der Waals surface area contributed by atoms with E-state index in [9.17, 15) is 9.59 Å². The van der Waals surface area contributed by atoms with Crippen LogP contribution in [0, 0.1) is 4.77 Å². The van der Waals surface area contributed by atoms with Crippen molar-refractivity contribution in [3.05, 3.63) is 33.3 Å². The lowest BCUT2D eigenvalue weighted by molar-refractivity contribution is -0.122. The number of H-pyrrole nitrogens is 2. The molecule has 0 bridgehead atoms. The zero-order valence-corrected chi connectivity index (χ0v) is 15.9. The predicted octanol–water partition coefficient (Wildman–Crippen LogP) is 3.00. The van der Waals surface area contributed by atoms with Crippen LogP contribution in [-0.2, 0) is 11.3 Å². The molecule has 1 aliphatic carbocycles. The van der Waals surface area contributed by atoms with E-state index in [0.29, 0.717) is 16.8 Å². The summed E-state index contributed by atoms with van der Waals surface area (Å²) in [6, 6.07) is 5.72.